The maximum Gasteiger partial charge on any atom is 0.306 e. The molecule has 8 heteroatoms. The summed E-state index contributed by atoms with van der Waals surface area (Å²) in [6.07, 6.45) is 12.2. The standard InChI is InChI=1S/C26H48N4O4/c1-3-27-17-26(34,16-24(32)33)12-6-4-5-7-20-8-10-21(11-9-20)25-22(30-14-13-28-18-30)15-23(31)19(2)29-25/h13,19-23,25,27,29,31,34H,3-12,14-18H2,1-2H3,(H,32,33)/t19-,20?,21?,22-,23+,25+,26+/m0/s1. The molecule has 8 nitrogen and oxygen atoms in total. The van der Waals surface area contributed by atoms with Crippen molar-refractivity contribution in [2.45, 2.75) is 114 Å². The highest BCUT2D eigenvalue weighted by Gasteiger charge is 2.42. The molecule has 0 aromatic rings. The van der Waals surface area contributed by atoms with Gasteiger partial charge >= 0.3 is 5.97 Å². The first kappa shape index (κ1) is 27.5. The van der Waals surface area contributed by atoms with Crippen molar-refractivity contribution < 1.29 is 20.1 Å². The Balaban J connectivity index is 1.38. The molecular formula is C26H48N4O4. The second-order valence-electron chi connectivity index (χ2n) is 11.1. The SMILES string of the molecule is CCNC[C@@](O)(CCCCCC1CCC([C@H]2N[C@@H](C)[C@H](O)C[C@@H]2N2CC=NC2)CC1)CC(=O)O. The number of rotatable bonds is 13. The summed E-state index contributed by atoms with van der Waals surface area (Å²) in [6, 6.07) is 0.946. The van der Waals surface area contributed by atoms with E-state index in [4.69, 9.17) is 5.11 Å². The van der Waals surface area contributed by atoms with Gasteiger partial charge in [0.2, 0.25) is 0 Å². The first-order valence-corrected chi connectivity index (χ1v) is 13.6. The summed E-state index contributed by atoms with van der Waals surface area (Å²) in [5.74, 6) is 0.498. The van der Waals surface area contributed by atoms with Gasteiger partial charge in [0.1, 0.15) is 0 Å². The molecule has 0 amide bonds. The molecule has 1 aliphatic carbocycles. The molecule has 0 aromatic carbocycles. The molecule has 2 heterocycles. The number of piperidine rings is 1. The Morgan fingerprint density at radius 1 is 1.24 bits per heavy atom. The third-order valence-corrected chi connectivity index (χ3v) is 8.45. The molecule has 5 N–H and O–H groups in total. The van der Waals surface area contributed by atoms with Gasteiger partial charge in [0.15, 0.2) is 0 Å². The molecule has 34 heavy (non-hydrogen) atoms. The number of aliphatic carboxylic acids is 1. The Kier molecular flexibility index (Phi) is 10.8. The number of carboxylic acid groups (broad SMARTS) is 1. The maximum absolute atomic E-state index is 11.1. The van der Waals surface area contributed by atoms with E-state index in [0.717, 1.165) is 51.4 Å². The Bertz CT molecular complexity index is 647. The molecule has 0 aromatic heterocycles. The molecule has 1 saturated carbocycles. The number of hydrogen-bond donors (Lipinski definition) is 5. The van der Waals surface area contributed by atoms with E-state index in [1.54, 1.807) is 0 Å². The number of carbonyl (C=O) groups is 1. The van der Waals surface area contributed by atoms with Crippen LogP contribution in [0.15, 0.2) is 4.99 Å². The van der Waals surface area contributed by atoms with Gasteiger partial charge in [-0.25, -0.2) is 0 Å². The van der Waals surface area contributed by atoms with Crippen LogP contribution in [-0.4, -0.2) is 88.5 Å². The van der Waals surface area contributed by atoms with Gasteiger partial charge in [0.25, 0.3) is 0 Å². The van der Waals surface area contributed by atoms with E-state index in [0.29, 0.717) is 31.0 Å². The zero-order valence-corrected chi connectivity index (χ0v) is 21.3. The number of unbranched alkanes of at least 4 members (excludes halogenated alkanes) is 2. The number of aliphatic imine (C=N–C) groups is 1. The number of nitrogens with zero attached hydrogens (tertiary/aromatic N) is 2. The minimum absolute atomic E-state index is 0.148. The number of hydrogen-bond acceptors (Lipinski definition) is 7. The van der Waals surface area contributed by atoms with Crippen LogP contribution in [0.5, 0.6) is 0 Å². The van der Waals surface area contributed by atoms with E-state index < -0.39 is 11.6 Å². The predicted molar refractivity (Wildman–Crippen MR) is 135 cm³/mol. The summed E-state index contributed by atoms with van der Waals surface area (Å²) >= 11 is 0. The van der Waals surface area contributed by atoms with Crippen LogP contribution >= 0.6 is 0 Å². The van der Waals surface area contributed by atoms with E-state index in [-0.39, 0.29) is 18.6 Å². The number of nitrogens with one attached hydrogen (secondary N) is 2. The fraction of sp³-hybridized carbons (Fsp3) is 0.923. The number of aliphatic hydroxyl groups excluding tert-OH is 1. The van der Waals surface area contributed by atoms with Crippen molar-refractivity contribution in [1.29, 1.82) is 0 Å². The van der Waals surface area contributed by atoms with Crippen molar-refractivity contribution in [1.82, 2.24) is 15.5 Å². The van der Waals surface area contributed by atoms with Crippen LogP contribution in [0.1, 0.15) is 84.5 Å². The molecule has 0 spiro atoms. The van der Waals surface area contributed by atoms with Crippen molar-refractivity contribution in [3.05, 3.63) is 0 Å². The number of aliphatic hydroxyl groups is 2. The van der Waals surface area contributed by atoms with Crippen LogP contribution in [-0.2, 0) is 4.79 Å². The Labute approximate surface area is 205 Å². The number of carboxylic acids is 1. The normalized spacial score (nSPS) is 34.2. The molecular weight excluding hydrogens is 432 g/mol. The third-order valence-electron chi connectivity index (χ3n) is 8.45. The monoisotopic (exact) mass is 480 g/mol. The summed E-state index contributed by atoms with van der Waals surface area (Å²) in [6.45, 7) is 6.80. The molecule has 0 bridgehead atoms. The lowest BCUT2D eigenvalue weighted by atomic mass is 9.72. The lowest BCUT2D eigenvalue weighted by Gasteiger charge is -2.47. The van der Waals surface area contributed by atoms with E-state index in [9.17, 15) is 15.0 Å². The average molecular weight is 481 g/mol. The molecule has 3 aliphatic rings. The zero-order valence-electron chi connectivity index (χ0n) is 21.3. The lowest BCUT2D eigenvalue weighted by Crippen LogP contribution is -2.63. The molecule has 2 fully saturated rings. The van der Waals surface area contributed by atoms with Crippen LogP contribution in [0.3, 0.4) is 0 Å². The molecule has 0 radical (unpaired) electrons. The van der Waals surface area contributed by atoms with Gasteiger partial charge in [-0.2, -0.15) is 0 Å². The average Bonchev–Trinajstić information content (AvgIpc) is 3.34. The summed E-state index contributed by atoms with van der Waals surface area (Å²) in [4.78, 5) is 18.0. The van der Waals surface area contributed by atoms with Crippen molar-refractivity contribution in [2.24, 2.45) is 16.8 Å². The predicted octanol–water partition coefficient (Wildman–Crippen LogP) is 2.38. The molecule has 1 saturated heterocycles. The van der Waals surface area contributed by atoms with Gasteiger partial charge < -0.3 is 26.0 Å². The molecule has 3 rings (SSSR count). The van der Waals surface area contributed by atoms with Gasteiger partial charge in [0, 0.05) is 37.4 Å². The minimum Gasteiger partial charge on any atom is -0.481 e. The highest BCUT2D eigenvalue weighted by Crippen LogP contribution is 2.37. The third kappa shape index (κ3) is 7.98. The van der Waals surface area contributed by atoms with E-state index in [1.165, 1.54) is 32.1 Å². The number of likely N-dealkylation sites (N-methyl/N-ethyl adjacent to an activating group) is 1. The van der Waals surface area contributed by atoms with Crippen LogP contribution in [0.2, 0.25) is 0 Å². The summed E-state index contributed by atoms with van der Waals surface area (Å²) in [7, 11) is 0. The zero-order chi connectivity index (χ0) is 24.6. The summed E-state index contributed by atoms with van der Waals surface area (Å²) in [5, 5.41) is 37.1. The Hall–Kier alpha value is -1.06. The maximum atomic E-state index is 11.1. The van der Waals surface area contributed by atoms with E-state index in [1.807, 2.05) is 13.1 Å². The van der Waals surface area contributed by atoms with Crippen LogP contribution in [0, 0.1) is 11.8 Å². The topological polar surface area (TPSA) is 117 Å². The van der Waals surface area contributed by atoms with Gasteiger partial charge in [-0.3, -0.25) is 14.7 Å². The largest absolute Gasteiger partial charge is 0.481 e. The molecule has 5 atom stereocenters. The summed E-state index contributed by atoms with van der Waals surface area (Å²) < 4.78 is 0. The highest BCUT2D eigenvalue weighted by molar-refractivity contribution is 5.68. The smallest absolute Gasteiger partial charge is 0.306 e. The van der Waals surface area contributed by atoms with Crippen molar-refractivity contribution >= 4 is 12.2 Å². The van der Waals surface area contributed by atoms with E-state index in [2.05, 4.69) is 27.4 Å². The quantitative estimate of drug-likeness (QED) is 0.257. The first-order valence-electron chi connectivity index (χ1n) is 13.6. The Morgan fingerprint density at radius 3 is 2.65 bits per heavy atom. The van der Waals surface area contributed by atoms with Gasteiger partial charge in [-0.05, 0) is 51.0 Å². The highest BCUT2D eigenvalue weighted by atomic mass is 16.4. The molecule has 196 valence electrons. The lowest BCUT2D eigenvalue weighted by molar-refractivity contribution is -0.142. The minimum atomic E-state index is -1.14. The van der Waals surface area contributed by atoms with Crippen molar-refractivity contribution in [3.8, 4) is 0 Å². The van der Waals surface area contributed by atoms with Gasteiger partial charge in [-0.15, -0.1) is 0 Å². The second-order valence-corrected chi connectivity index (χ2v) is 11.1. The Morgan fingerprint density at radius 2 is 2.00 bits per heavy atom. The van der Waals surface area contributed by atoms with Gasteiger partial charge in [0.05, 0.1) is 24.8 Å². The summed E-state index contributed by atoms with van der Waals surface area (Å²) in [5.41, 5.74) is -1.14. The first-order chi connectivity index (χ1) is 16.3. The molecule has 2 aliphatic heterocycles. The van der Waals surface area contributed by atoms with Crippen molar-refractivity contribution in [2.75, 3.05) is 26.3 Å². The second kappa shape index (κ2) is 13.3. The fourth-order valence-electron chi connectivity index (χ4n) is 6.35. The fourth-order valence-corrected chi connectivity index (χ4v) is 6.35. The van der Waals surface area contributed by atoms with Crippen LogP contribution in [0.4, 0.5) is 0 Å². The van der Waals surface area contributed by atoms with Crippen LogP contribution in [0.25, 0.3) is 0 Å². The van der Waals surface area contributed by atoms with Crippen molar-refractivity contribution in [3.63, 3.8) is 0 Å². The van der Waals surface area contributed by atoms with Crippen LogP contribution < -0.4 is 10.6 Å². The molecule has 0 unspecified atom stereocenters. The van der Waals surface area contributed by atoms with Gasteiger partial charge in [-0.1, -0.05) is 45.4 Å². The van der Waals surface area contributed by atoms with E-state index >= 15 is 0 Å².